The minimum atomic E-state index is -0.0328. The van der Waals surface area contributed by atoms with Crippen LogP contribution in [0.25, 0.3) is 11.1 Å². The van der Waals surface area contributed by atoms with E-state index in [-0.39, 0.29) is 29.8 Å². The zero-order valence-electron chi connectivity index (χ0n) is 30.0. The Morgan fingerprint density at radius 2 is 1.69 bits per heavy atom. The molecule has 2 aromatic carbocycles. The van der Waals surface area contributed by atoms with Gasteiger partial charge in [0.05, 0.1) is 13.3 Å². The van der Waals surface area contributed by atoms with E-state index in [1.165, 1.54) is 11.1 Å². The van der Waals surface area contributed by atoms with Gasteiger partial charge < -0.3 is 19.7 Å². The highest BCUT2D eigenvalue weighted by Gasteiger charge is 2.33. The molecular weight excluding hydrogens is 612 g/mol. The lowest BCUT2D eigenvalue weighted by Crippen LogP contribution is -2.44. The molecule has 1 aromatic heterocycles. The summed E-state index contributed by atoms with van der Waals surface area (Å²) in [4.78, 5) is 29.4. The summed E-state index contributed by atoms with van der Waals surface area (Å²) in [6.07, 6.45) is 14.3. The Balaban J connectivity index is 1.13. The van der Waals surface area contributed by atoms with Crippen LogP contribution in [0.1, 0.15) is 108 Å². The topological polar surface area (TPSA) is 85.7 Å². The zero-order chi connectivity index (χ0) is 34.3. The Labute approximate surface area is 292 Å². The van der Waals surface area contributed by atoms with Gasteiger partial charge in [-0.15, -0.1) is 0 Å². The van der Waals surface area contributed by atoms with Gasteiger partial charge in [0.15, 0.2) is 0 Å². The number of nitrogens with zero attached hydrogens (tertiary/aromatic N) is 3. The number of hydrogen-bond donors (Lipinski definition) is 1. The first-order valence-corrected chi connectivity index (χ1v) is 18.7. The highest BCUT2D eigenvalue weighted by molar-refractivity contribution is 5.95. The summed E-state index contributed by atoms with van der Waals surface area (Å²) in [5, 5.41) is 7.87. The van der Waals surface area contributed by atoms with E-state index in [4.69, 9.17) is 9.47 Å². The minimum absolute atomic E-state index is 0.0328. The Bertz CT molecular complexity index is 1540. The molecule has 49 heavy (non-hydrogen) atoms. The third kappa shape index (κ3) is 8.94. The van der Waals surface area contributed by atoms with Crippen LogP contribution in [0, 0.1) is 24.7 Å². The number of ether oxygens (including phenoxy) is 2. The summed E-state index contributed by atoms with van der Waals surface area (Å²) >= 11 is 0. The number of aromatic nitrogens is 2. The van der Waals surface area contributed by atoms with Crippen LogP contribution in [-0.4, -0.2) is 54.5 Å². The van der Waals surface area contributed by atoms with Crippen molar-refractivity contribution in [2.24, 2.45) is 17.8 Å². The molecule has 0 spiro atoms. The fraction of sp³-hybridized carbons (Fsp3) is 0.585. The minimum Gasteiger partial charge on any atom is -0.496 e. The largest absolute Gasteiger partial charge is 0.496 e. The number of aryl methyl sites for hydroxylation is 1. The van der Waals surface area contributed by atoms with Crippen molar-refractivity contribution >= 4 is 17.5 Å². The number of anilines is 1. The standard InChI is InChI=1S/C41H56N4O4/c1-28(2)45-27-36(25-42-45)34-6-5-7-38(24-34)44(26-31-8-10-32(11-9-31)35-14-17-39(48-4)29(3)22-35)41(47)33-12-15-37(16-13-33)43-40(46)23-30-18-20-49-21-19-30/h5-7,14,17,22,24-25,27-28,30-33,37H,8-13,15-16,18-21,23,26H2,1-4H3,(H,43,46). The first-order chi connectivity index (χ1) is 23.8. The molecule has 1 N–H and O–H groups in total. The molecule has 8 heteroatoms. The maximum atomic E-state index is 14.5. The predicted octanol–water partition coefficient (Wildman–Crippen LogP) is 8.25. The average Bonchev–Trinajstić information content (AvgIpc) is 3.63. The van der Waals surface area contributed by atoms with Gasteiger partial charge in [-0.05, 0) is 138 Å². The molecule has 2 saturated carbocycles. The number of nitrogens with one attached hydrogen (secondary N) is 1. The van der Waals surface area contributed by atoms with Gasteiger partial charge in [0.25, 0.3) is 0 Å². The van der Waals surface area contributed by atoms with E-state index < -0.39 is 0 Å². The Morgan fingerprint density at radius 3 is 2.37 bits per heavy atom. The van der Waals surface area contributed by atoms with Crippen molar-refractivity contribution in [3.63, 3.8) is 0 Å². The van der Waals surface area contributed by atoms with E-state index in [9.17, 15) is 9.59 Å². The molecule has 0 atom stereocenters. The van der Waals surface area contributed by atoms with Crippen LogP contribution in [0.15, 0.2) is 54.9 Å². The van der Waals surface area contributed by atoms with Crippen molar-refractivity contribution < 1.29 is 19.1 Å². The van der Waals surface area contributed by atoms with Crippen LogP contribution >= 0.6 is 0 Å². The third-order valence-corrected chi connectivity index (χ3v) is 11.3. The normalized spacial score (nSPS) is 23.3. The van der Waals surface area contributed by atoms with E-state index in [2.05, 4.69) is 84.7 Å². The molecule has 3 aromatic rings. The zero-order valence-corrected chi connectivity index (χ0v) is 30.0. The Kier molecular flexibility index (Phi) is 11.8. The Hall–Kier alpha value is -3.65. The Morgan fingerprint density at radius 1 is 0.939 bits per heavy atom. The van der Waals surface area contributed by atoms with Crippen molar-refractivity contribution in [1.82, 2.24) is 15.1 Å². The van der Waals surface area contributed by atoms with Gasteiger partial charge in [-0.1, -0.05) is 24.3 Å². The quantitative estimate of drug-likeness (QED) is 0.223. The molecule has 0 bridgehead atoms. The first kappa shape index (κ1) is 35.2. The molecule has 0 radical (unpaired) electrons. The van der Waals surface area contributed by atoms with E-state index in [0.29, 0.717) is 24.2 Å². The van der Waals surface area contributed by atoms with Crippen LogP contribution < -0.4 is 15.0 Å². The molecule has 2 aliphatic carbocycles. The molecule has 2 heterocycles. The maximum Gasteiger partial charge on any atom is 0.230 e. The number of carbonyl (C=O) groups excluding carboxylic acids is 2. The summed E-state index contributed by atoms with van der Waals surface area (Å²) in [5.74, 6) is 2.71. The van der Waals surface area contributed by atoms with E-state index in [1.807, 2.05) is 10.9 Å². The average molecular weight is 669 g/mol. The summed E-state index contributed by atoms with van der Waals surface area (Å²) in [6.45, 7) is 8.64. The second-order valence-electron chi connectivity index (χ2n) is 15.1. The fourth-order valence-corrected chi connectivity index (χ4v) is 8.24. The van der Waals surface area contributed by atoms with Crippen LogP contribution in [0.4, 0.5) is 5.69 Å². The number of benzene rings is 2. The van der Waals surface area contributed by atoms with Crippen molar-refractivity contribution in [3.8, 4) is 16.9 Å². The third-order valence-electron chi connectivity index (χ3n) is 11.3. The summed E-state index contributed by atoms with van der Waals surface area (Å²) < 4.78 is 12.9. The van der Waals surface area contributed by atoms with Gasteiger partial charge in [-0.25, -0.2) is 0 Å². The summed E-state index contributed by atoms with van der Waals surface area (Å²) in [5.41, 5.74) is 5.70. The smallest absolute Gasteiger partial charge is 0.230 e. The van der Waals surface area contributed by atoms with E-state index >= 15 is 0 Å². The van der Waals surface area contributed by atoms with E-state index in [0.717, 1.165) is 107 Å². The molecule has 264 valence electrons. The van der Waals surface area contributed by atoms with Gasteiger partial charge >= 0.3 is 0 Å². The van der Waals surface area contributed by atoms with Gasteiger partial charge in [0.2, 0.25) is 11.8 Å². The SMILES string of the molecule is COc1ccc(C2CCC(CN(C(=O)C3CCC(NC(=O)CC4CCOCC4)CC3)c3cccc(-c4cnn(C(C)C)c4)c3)CC2)cc1C. The predicted molar refractivity (Wildman–Crippen MR) is 195 cm³/mol. The summed E-state index contributed by atoms with van der Waals surface area (Å²) in [7, 11) is 1.73. The molecule has 2 amide bonds. The molecule has 0 unspecified atom stereocenters. The highest BCUT2D eigenvalue weighted by atomic mass is 16.5. The number of methoxy groups -OCH3 is 1. The molecule has 1 aliphatic heterocycles. The molecule has 3 aliphatic rings. The second kappa shape index (κ2) is 16.4. The fourth-order valence-electron chi connectivity index (χ4n) is 8.24. The lowest BCUT2D eigenvalue weighted by molar-refractivity contribution is -0.124. The molecule has 8 nitrogen and oxygen atoms in total. The number of carbonyl (C=O) groups is 2. The van der Waals surface area contributed by atoms with Crippen LogP contribution in [0.5, 0.6) is 5.75 Å². The van der Waals surface area contributed by atoms with Crippen molar-refractivity contribution in [1.29, 1.82) is 0 Å². The highest BCUT2D eigenvalue weighted by Crippen LogP contribution is 2.39. The second-order valence-corrected chi connectivity index (χ2v) is 15.1. The van der Waals surface area contributed by atoms with Gasteiger partial charge in [-0.2, -0.15) is 5.10 Å². The number of rotatable bonds is 11. The summed E-state index contributed by atoms with van der Waals surface area (Å²) in [6, 6.07) is 15.5. The van der Waals surface area contributed by atoms with E-state index in [1.54, 1.807) is 7.11 Å². The maximum absolute atomic E-state index is 14.5. The first-order valence-electron chi connectivity index (χ1n) is 18.7. The van der Waals surface area contributed by atoms with Crippen molar-refractivity contribution in [3.05, 3.63) is 66.0 Å². The van der Waals surface area contributed by atoms with Gasteiger partial charge in [0.1, 0.15) is 5.75 Å². The van der Waals surface area contributed by atoms with Crippen LogP contribution in [-0.2, 0) is 14.3 Å². The van der Waals surface area contributed by atoms with Gasteiger partial charge in [0, 0.05) is 61.6 Å². The van der Waals surface area contributed by atoms with Crippen molar-refractivity contribution in [2.75, 3.05) is 31.8 Å². The number of hydrogen-bond acceptors (Lipinski definition) is 5. The molecular formula is C41H56N4O4. The van der Waals surface area contributed by atoms with Gasteiger partial charge in [-0.3, -0.25) is 14.3 Å². The molecule has 1 saturated heterocycles. The van der Waals surface area contributed by atoms with Crippen LogP contribution in [0.2, 0.25) is 0 Å². The molecule has 3 fully saturated rings. The molecule has 6 rings (SSSR count). The van der Waals surface area contributed by atoms with Crippen LogP contribution in [0.3, 0.4) is 0 Å². The van der Waals surface area contributed by atoms with Crippen molar-refractivity contribution in [2.45, 2.75) is 109 Å². The number of amides is 2. The lowest BCUT2D eigenvalue weighted by atomic mass is 9.78. The lowest BCUT2D eigenvalue weighted by Gasteiger charge is -2.36. The monoisotopic (exact) mass is 668 g/mol.